The van der Waals surface area contributed by atoms with Crippen molar-refractivity contribution in [3.63, 3.8) is 0 Å². The molecule has 0 aliphatic carbocycles. The van der Waals surface area contributed by atoms with Crippen molar-refractivity contribution in [2.45, 2.75) is 6.42 Å². The number of non-ortho nitro benzene ring substituents is 1. The molecule has 0 unspecified atom stereocenters. The van der Waals surface area contributed by atoms with Crippen LogP contribution in [0.1, 0.15) is 12.0 Å². The average Bonchev–Trinajstić information content (AvgIpc) is 2.55. The first kappa shape index (κ1) is 17.0. The smallest absolute Gasteiger partial charge is 0.269 e. The predicted octanol–water partition coefficient (Wildman–Crippen LogP) is 0.682. The summed E-state index contributed by atoms with van der Waals surface area (Å²) >= 11 is 0. The van der Waals surface area contributed by atoms with Gasteiger partial charge < -0.3 is 9.80 Å². The normalized spacial score (nSPS) is 16.6. The van der Waals surface area contributed by atoms with Crippen LogP contribution in [-0.4, -0.2) is 66.6 Å². The fourth-order valence-electron chi connectivity index (χ4n) is 2.25. The zero-order valence-electron chi connectivity index (χ0n) is 13.1. The topological polar surface area (TPSA) is 91.1 Å². The molecule has 124 valence electrons. The minimum atomic E-state index is -0.457. The number of likely N-dealkylation sites (N-methyl/N-ethyl adjacent to an activating group) is 1. The van der Waals surface area contributed by atoms with E-state index in [2.05, 4.69) is 27.4 Å². The van der Waals surface area contributed by atoms with E-state index in [1.54, 1.807) is 12.1 Å². The van der Waals surface area contributed by atoms with E-state index in [-0.39, 0.29) is 11.6 Å². The van der Waals surface area contributed by atoms with Gasteiger partial charge in [-0.1, -0.05) is 0 Å². The summed E-state index contributed by atoms with van der Waals surface area (Å²) in [7, 11) is 2.09. The van der Waals surface area contributed by atoms with Crippen molar-refractivity contribution in [3.05, 3.63) is 39.9 Å². The number of nitro benzene ring substituents is 1. The minimum Gasteiger partial charge on any atom is -0.304 e. The maximum absolute atomic E-state index is 11.7. The lowest BCUT2D eigenvalue weighted by Crippen LogP contribution is -2.45. The summed E-state index contributed by atoms with van der Waals surface area (Å²) in [5, 5.41) is 14.4. The molecule has 1 heterocycles. The third-order valence-corrected chi connectivity index (χ3v) is 3.76. The van der Waals surface area contributed by atoms with Crippen molar-refractivity contribution in [2.75, 3.05) is 39.8 Å². The largest absolute Gasteiger partial charge is 0.304 e. The van der Waals surface area contributed by atoms with Gasteiger partial charge in [-0.05, 0) is 24.7 Å². The second kappa shape index (κ2) is 8.35. The Bertz CT molecular complexity index is 565. The fourth-order valence-corrected chi connectivity index (χ4v) is 2.25. The van der Waals surface area contributed by atoms with Gasteiger partial charge in [0.2, 0.25) is 5.91 Å². The van der Waals surface area contributed by atoms with Crippen molar-refractivity contribution < 1.29 is 9.72 Å². The number of hydrazone groups is 1. The lowest BCUT2D eigenvalue weighted by Gasteiger charge is -2.32. The minimum absolute atomic E-state index is 0.0263. The summed E-state index contributed by atoms with van der Waals surface area (Å²) in [5.74, 6) is -0.137. The number of hydrogen-bond donors (Lipinski definition) is 1. The van der Waals surface area contributed by atoms with Crippen LogP contribution in [0.25, 0.3) is 0 Å². The molecule has 1 fully saturated rings. The molecule has 2 rings (SSSR count). The third kappa shape index (κ3) is 5.76. The van der Waals surface area contributed by atoms with Crippen LogP contribution in [0.15, 0.2) is 29.4 Å². The molecule has 1 amide bonds. The van der Waals surface area contributed by atoms with Gasteiger partial charge in [0.25, 0.3) is 5.69 Å². The second-order valence-electron chi connectivity index (χ2n) is 5.54. The van der Waals surface area contributed by atoms with E-state index in [0.29, 0.717) is 12.0 Å². The molecule has 0 radical (unpaired) electrons. The van der Waals surface area contributed by atoms with Crippen LogP contribution in [0.5, 0.6) is 0 Å². The molecule has 0 spiro atoms. The predicted molar refractivity (Wildman–Crippen MR) is 87.4 cm³/mol. The van der Waals surface area contributed by atoms with Gasteiger partial charge in [-0.3, -0.25) is 14.9 Å². The van der Waals surface area contributed by atoms with Crippen molar-refractivity contribution in [1.82, 2.24) is 15.2 Å². The van der Waals surface area contributed by atoms with Crippen LogP contribution >= 0.6 is 0 Å². The first-order valence-corrected chi connectivity index (χ1v) is 7.52. The van der Waals surface area contributed by atoms with Crippen LogP contribution in [0.4, 0.5) is 5.69 Å². The maximum Gasteiger partial charge on any atom is 0.269 e. The number of benzene rings is 1. The zero-order chi connectivity index (χ0) is 16.7. The number of rotatable bonds is 6. The molecule has 0 bridgehead atoms. The molecular formula is C15H21N5O3. The Kier molecular flexibility index (Phi) is 6.19. The van der Waals surface area contributed by atoms with Crippen molar-refractivity contribution >= 4 is 17.8 Å². The van der Waals surface area contributed by atoms with E-state index in [1.165, 1.54) is 18.3 Å². The summed E-state index contributed by atoms with van der Waals surface area (Å²) < 4.78 is 0. The summed E-state index contributed by atoms with van der Waals surface area (Å²) in [6.07, 6.45) is 1.87. The van der Waals surface area contributed by atoms with E-state index in [9.17, 15) is 14.9 Å². The van der Waals surface area contributed by atoms with E-state index >= 15 is 0 Å². The number of carbonyl (C=O) groups excluding carboxylic acids is 1. The van der Waals surface area contributed by atoms with Crippen LogP contribution in [0.3, 0.4) is 0 Å². The van der Waals surface area contributed by atoms with Crippen LogP contribution in [-0.2, 0) is 4.79 Å². The van der Waals surface area contributed by atoms with Crippen molar-refractivity contribution in [2.24, 2.45) is 5.10 Å². The highest BCUT2D eigenvalue weighted by Gasteiger charge is 2.14. The molecule has 1 aromatic rings. The Balaban J connectivity index is 1.70. The van der Waals surface area contributed by atoms with Gasteiger partial charge >= 0.3 is 0 Å². The van der Waals surface area contributed by atoms with Gasteiger partial charge in [-0.2, -0.15) is 5.10 Å². The quantitative estimate of drug-likeness (QED) is 0.473. The Hall–Kier alpha value is -2.32. The average molecular weight is 319 g/mol. The number of piperazine rings is 1. The lowest BCUT2D eigenvalue weighted by atomic mass is 10.2. The van der Waals surface area contributed by atoms with Crippen molar-refractivity contribution in [3.8, 4) is 0 Å². The van der Waals surface area contributed by atoms with Crippen LogP contribution in [0.2, 0.25) is 0 Å². The molecular weight excluding hydrogens is 298 g/mol. The van der Waals surface area contributed by atoms with Gasteiger partial charge in [-0.15, -0.1) is 0 Å². The molecule has 23 heavy (non-hydrogen) atoms. The lowest BCUT2D eigenvalue weighted by molar-refractivity contribution is -0.384. The Morgan fingerprint density at radius 3 is 2.57 bits per heavy atom. The van der Waals surface area contributed by atoms with Crippen LogP contribution in [0, 0.1) is 10.1 Å². The number of nitrogens with one attached hydrogen (secondary N) is 1. The zero-order valence-corrected chi connectivity index (χ0v) is 13.1. The van der Waals surface area contributed by atoms with Gasteiger partial charge in [0.05, 0.1) is 11.1 Å². The van der Waals surface area contributed by atoms with Gasteiger partial charge in [0.15, 0.2) is 0 Å². The molecule has 1 aliphatic heterocycles. The molecule has 1 aromatic carbocycles. The number of hydrogen-bond acceptors (Lipinski definition) is 6. The first-order valence-electron chi connectivity index (χ1n) is 7.52. The fraction of sp³-hybridized carbons (Fsp3) is 0.467. The highest BCUT2D eigenvalue weighted by Crippen LogP contribution is 2.10. The molecule has 1 N–H and O–H groups in total. The van der Waals surface area contributed by atoms with E-state index < -0.39 is 4.92 Å². The first-order chi connectivity index (χ1) is 11.0. The standard InChI is InChI=1S/C15H21N5O3/c1-18-8-10-19(11-9-18)7-6-15(21)17-16-12-13-2-4-14(5-3-13)20(22)23/h2-5,12H,6-11H2,1H3,(H,17,21)/b16-12-. The third-order valence-electron chi connectivity index (χ3n) is 3.76. The summed E-state index contributed by atoms with van der Waals surface area (Å²) in [5.41, 5.74) is 3.19. The molecule has 8 heteroatoms. The monoisotopic (exact) mass is 319 g/mol. The molecule has 1 aliphatic rings. The Morgan fingerprint density at radius 1 is 1.30 bits per heavy atom. The molecule has 0 saturated carbocycles. The Morgan fingerprint density at radius 2 is 1.96 bits per heavy atom. The molecule has 0 aromatic heterocycles. The number of nitro groups is 1. The second-order valence-corrected chi connectivity index (χ2v) is 5.54. The summed E-state index contributed by atoms with van der Waals surface area (Å²) in [4.78, 5) is 26.4. The van der Waals surface area contributed by atoms with E-state index in [1.807, 2.05) is 0 Å². The molecule has 0 atom stereocenters. The van der Waals surface area contributed by atoms with Gasteiger partial charge in [0, 0.05) is 51.3 Å². The molecule has 1 saturated heterocycles. The summed E-state index contributed by atoms with van der Waals surface area (Å²) in [6.45, 7) is 4.75. The van der Waals surface area contributed by atoms with Crippen molar-refractivity contribution in [1.29, 1.82) is 0 Å². The Labute approximate surface area is 134 Å². The van der Waals surface area contributed by atoms with Gasteiger partial charge in [0.1, 0.15) is 0 Å². The number of amides is 1. The SMILES string of the molecule is CN1CCN(CCC(=O)N/N=C\c2ccc([N+](=O)[O-])cc2)CC1. The van der Waals surface area contributed by atoms with E-state index in [4.69, 9.17) is 0 Å². The molecule has 8 nitrogen and oxygen atoms in total. The van der Waals surface area contributed by atoms with Crippen LogP contribution < -0.4 is 5.43 Å². The highest BCUT2D eigenvalue weighted by molar-refractivity contribution is 5.82. The summed E-state index contributed by atoms with van der Waals surface area (Å²) in [6, 6.07) is 5.96. The number of carbonyl (C=O) groups is 1. The number of nitrogens with zero attached hydrogens (tertiary/aromatic N) is 4. The van der Waals surface area contributed by atoms with Gasteiger partial charge in [-0.25, -0.2) is 5.43 Å². The highest BCUT2D eigenvalue weighted by atomic mass is 16.6. The maximum atomic E-state index is 11.7. The van der Waals surface area contributed by atoms with E-state index in [0.717, 1.165) is 32.7 Å².